The summed E-state index contributed by atoms with van der Waals surface area (Å²) in [4.78, 5) is 10.4. The summed E-state index contributed by atoms with van der Waals surface area (Å²) < 4.78 is 9.95. The predicted octanol–water partition coefficient (Wildman–Crippen LogP) is 0.940. The average molecular weight is 162 g/mol. The van der Waals surface area contributed by atoms with Crippen molar-refractivity contribution < 1.29 is 14.0 Å². The largest absolute Gasteiger partial charge is 0.467 e. The van der Waals surface area contributed by atoms with Crippen LogP contribution in [0.1, 0.15) is 6.92 Å². The molecule has 0 aromatic heterocycles. The molecule has 0 unspecified atom stereocenters. The van der Waals surface area contributed by atoms with Crippen LogP contribution in [0, 0.1) is 0 Å². The van der Waals surface area contributed by atoms with Crippen molar-refractivity contribution >= 4 is 14.3 Å². The molecule has 0 radical (unpaired) electrons. The molecule has 4 heteroatoms. The molecule has 0 saturated carbocycles. The van der Waals surface area contributed by atoms with E-state index < -0.39 is 8.32 Å². The fourth-order valence-corrected chi connectivity index (χ4v) is 1.00. The molecular weight excluding hydrogens is 148 g/mol. The van der Waals surface area contributed by atoms with Crippen molar-refractivity contribution in [1.29, 1.82) is 0 Å². The van der Waals surface area contributed by atoms with Gasteiger partial charge in [0.05, 0.1) is 0 Å². The lowest BCUT2D eigenvalue weighted by molar-refractivity contribution is -0.139. The van der Waals surface area contributed by atoms with E-state index in [2.05, 4.69) is 0 Å². The molecule has 3 nitrogen and oxygen atoms in total. The van der Waals surface area contributed by atoms with E-state index in [1.54, 1.807) is 7.11 Å². The standard InChI is InChI=1S/C6H14O3Si/c1-6(7)9-5-10(3,4)8-2/h5H2,1-4H3. The molecule has 0 atom stereocenters. The van der Waals surface area contributed by atoms with E-state index in [9.17, 15) is 4.79 Å². The predicted molar refractivity (Wildman–Crippen MR) is 41.1 cm³/mol. The van der Waals surface area contributed by atoms with E-state index in [1.165, 1.54) is 6.92 Å². The van der Waals surface area contributed by atoms with Crippen LogP contribution in [0.25, 0.3) is 0 Å². The van der Waals surface area contributed by atoms with Crippen molar-refractivity contribution in [2.45, 2.75) is 20.0 Å². The molecule has 10 heavy (non-hydrogen) atoms. The minimum atomic E-state index is -1.68. The Labute approximate surface area is 62.5 Å². The third kappa shape index (κ3) is 4.52. The van der Waals surface area contributed by atoms with Gasteiger partial charge in [0.2, 0.25) is 8.32 Å². The Morgan fingerprint density at radius 2 is 2.00 bits per heavy atom. The molecule has 0 amide bonds. The van der Waals surface area contributed by atoms with E-state index in [0.29, 0.717) is 6.23 Å². The van der Waals surface area contributed by atoms with Gasteiger partial charge in [-0.15, -0.1) is 0 Å². The summed E-state index contributed by atoms with van der Waals surface area (Å²) in [5.41, 5.74) is 0. The normalized spacial score (nSPS) is 11.2. The van der Waals surface area contributed by atoms with Crippen LogP contribution in [0.4, 0.5) is 0 Å². The summed E-state index contributed by atoms with van der Waals surface area (Å²) in [6, 6.07) is 0. The first-order chi connectivity index (χ1) is 4.48. The molecule has 0 aromatic carbocycles. The van der Waals surface area contributed by atoms with E-state index in [-0.39, 0.29) is 5.97 Å². The summed E-state index contributed by atoms with van der Waals surface area (Å²) in [5, 5.41) is 0. The number of hydrogen-bond donors (Lipinski definition) is 0. The Kier molecular flexibility index (Phi) is 3.60. The first-order valence-corrected chi connectivity index (χ1v) is 6.28. The third-order valence-electron chi connectivity index (χ3n) is 1.18. The lowest BCUT2D eigenvalue weighted by Gasteiger charge is -2.18. The van der Waals surface area contributed by atoms with Gasteiger partial charge in [0.15, 0.2) is 0 Å². The van der Waals surface area contributed by atoms with Crippen LogP contribution in [0.15, 0.2) is 0 Å². The highest BCUT2D eigenvalue weighted by atomic mass is 28.4. The molecule has 0 aliphatic rings. The molecule has 60 valence electrons. The quantitative estimate of drug-likeness (QED) is 0.457. The SMILES string of the molecule is CO[Si](C)(C)COC(C)=O. The van der Waals surface area contributed by atoms with Crippen LogP contribution < -0.4 is 0 Å². The summed E-state index contributed by atoms with van der Waals surface area (Å²) in [6.07, 6.45) is 0.443. The fourth-order valence-electron chi connectivity index (χ4n) is 0.334. The van der Waals surface area contributed by atoms with Crippen LogP contribution in [0.3, 0.4) is 0 Å². The second-order valence-electron chi connectivity index (χ2n) is 2.74. The van der Waals surface area contributed by atoms with Gasteiger partial charge in [0.25, 0.3) is 0 Å². The van der Waals surface area contributed by atoms with Crippen LogP contribution in [0.2, 0.25) is 13.1 Å². The molecular formula is C6H14O3Si. The molecule has 0 bridgehead atoms. The zero-order valence-corrected chi connectivity index (χ0v) is 7.93. The molecule has 0 N–H and O–H groups in total. The van der Waals surface area contributed by atoms with Crippen molar-refractivity contribution in [3.63, 3.8) is 0 Å². The summed E-state index contributed by atoms with van der Waals surface area (Å²) in [7, 11) is -0.0346. The second kappa shape index (κ2) is 3.73. The molecule has 0 aliphatic heterocycles. The Balaban J connectivity index is 3.56. The summed E-state index contributed by atoms with van der Waals surface area (Å²) >= 11 is 0. The van der Waals surface area contributed by atoms with Gasteiger partial charge >= 0.3 is 5.97 Å². The maximum absolute atomic E-state index is 10.4. The van der Waals surface area contributed by atoms with Gasteiger partial charge in [0, 0.05) is 14.0 Å². The monoisotopic (exact) mass is 162 g/mol. The number of carbonyl (C=O) groups is 1. The molecule has 0 saturated heterocycles. The topological polar surface area (TPSA) is 35.5 Å². The fraction of sp³-hybridized carbons (Fsp3) is 0.833. The average Bonchev–Trinajstić information content (AvgIpc) is 1.85. The maximum atomic E-state index is 10.4. The van der Waals surface area contributed by atoms with Gasteiger partial charge in [-0.2, -0.15) is 0 Å². The lowest BCUT2D eigenvalue weighted by atomic mass is 10.8. The van der Waals surface area contributed by atoms with Crippen LogP contribution >= 0.6 is 0 Å². The Hall–Kier alpha value is -0.353. The highest BCUT2D eigenvalue weighted by molar-refractivity contribution is 6.71. The smallest absolute Gasteiger partial charge is 0.302 e. The van der Waals surface area contributed by atoms with Gasteiger partial charge in [0.1, 0.15) is 6.23 Å². The highest BCUT2D eigenvalue weighted by Crippen LogP contribution is 2.01. The minimum Gasteiger partial charge on any atom is -0.467 e. The van der Waals surface area contributed by atoms with Crippen molar-refractivity contribution in [2.24, 2.45) is 0 Å². The number of rotatable bonds is 3. The molecule has 0 spiro atoms. The molecule has 0 heterocycles. The maximum Gasteiger partial charge on any atom is 0.302 e. The lowest BCUT2D eigenvalue weighted by Crippen LogP contribution is -2.36. The Morgan fingerprint density at radius 1 is 1.50 bits per heavy atom. The van der Waals surface area contributed by atoms with Crippen molar-refractivity contribution in [2.75, 3.05) is 13.3 Å². The van der Waals surface area contributed by atoms with Gasteiger partial charge in [-0.05, 0) is 13.1 Å². The van der Waals surface area contributed by atoms with Crippen LogP contribution in [-0.2, 0) is 14.0 Å². The number of ether oxygens (including phenoxy) is 1. The first-order valence-electron chi connectivity index (χ1n) is 3.16. The highest BCUT2D eigenvalue weighted by Gasteiger charge is 2.21. The minimum absolute atomic E-state index is 0.238. The molecule has 0 aliphatic carbocycles. The number of carbonyl (C=O) groups excluding carboxylic acids is 1. The zero-order chi connectivity index (χ0) is 8.20. The Bertz CT molecular complexity index is 122. The molecule has 0 fully saturated rings. The van der Waals surface area contributed by atoms with Crippen LogP contribution in [-0.4, -0.2) is 27.6 Å². The number of hydrogen-bond acceptors (Lipinski definition) is 3. The van der Waals surface area contributed by atoms with Gasteiger partial charge in [-0.1, -0.05) is 0 Å². The second-order valence-corrected chi connectivity index (χ2v) is 6.96. The first kappa shape index (κ1) is 9.65. The Morgan fingerprint density at radius 3 is 2.30 bits per heavy atom. The van der Waals surface area contributed by atoms with E-state index in [1.807, 2.05) is 13.1 Å². The third-order valence-corrected chi connectivity index (χ3v) is 3.12. The van der Waals surface area contributed by atoms with E-state index >= 15 is 0 Å². The van der Waals surface area contributed by atoms with Crippen molar-refractivity contribution in [3.05, 3.63) is 0 Å². The van der Waals surface area contributed by atoms with E-state index in [0.717, 1.165) is 0 Å². The number of esters is 1. The molecule has 0 aromatic rings. The van der Waals surface area contributed by atoms with E-state index in [4.69, 9.17) is 9.16 Å². The summed E-state index contributed by atoms with van der Waals surface area (Å²) in [5.74, 6) is -0.238. The van der Waals surface area contributed by atoms with Gasteiger partial charge < -0.3 is 9.16 Å². The molecule has 0 rings (SSSR count). The van der Waals surface area contributed by atoms with Gasteiger partial charge in [-0.25, -0.2) is 0 Å². The summed E-state index contributed by atoms with van der Waals surface area (Å²) in [6.45, 7) is 5.39. The van der Waals surface area contributed by atoms with Crippen molar-refractivity contribution in [1.82, 2.24) is 0 Å². The van der Waals surface area contributed by atoms with Gasteiger partial charge in [-0.3, -0.25) is 4.79 Å². The zero-order valence-electron chi connectivity index (χ0n) is 6.93. The van der Waals surface area contributed by atoms with Crippen molar-refractivity contribution in [3.8, 4) is 0 Å². The van der Waals surface area contributed by atoms with Crippen LogP contribution in [0.5, 0.6) is 0 Å².